The molecule has 4 nitrogen and oxygen atoms in total. The van der Waals surface area contributed by atoms with Gasteiger partial charge in [-0.1, -0.05) is 12.1 Å². The summed E-state index contributed by atoms with van der Waals surface area (Å²) >= 11 is 1.42. The van der Waals surface area contributed by atoms with Gasteiger partial charge < -0.3 is 11.1 Å². The molecule has 3 N–H and O–H groups in total. The number of nitrogens with one attached hydrogen (secondary N) is 1. The standard InChI is InChI=1S/C15H17N3OS.ClH/c1-9(16)14(19)18-15-17-13(8-20-15)12-6-5-10-3-2-4-11(10)7-12;/h5-9H,2-4,16H2,1H3,(H,17,18,19);1H. The van der Waals surface area contributed by atoms with Crippen molar-refractivity contribution in [1.82, 2.24) is 4.98 Å². The van der Waals surface area contributed by atoms with Crippen LogP contribution in [0.4, 0.5) is 5.13 Å². The topological polar surface area (TPSA) is 68.0 Å². The van der Waals surface area contributed by atoms with Crippen molar-refractivity contribution in [3.05, 3.63) is 34.7 Å². The maximum Gasteiger partial charge on any atom is 0.242 e. The van der Waals surface area contributed by atoms with Gasteiger partial charge in [-0.15, -0.1) is 23.7 Å². The van der Waals surface area contributed by atoms with Gasteiger partial charge in [0.05, 0.1) is 11.7 Å². The summed E-state index contributed by atoms with van der Waals surface area (Å²) in [5.74, 6) is -0.208. The Morgan fingerprint density at radius 1 is 1.38 bits per heavy atom. The molecule has 6 heteroatoms. The molecule has 112 valence electrons. The van der Waals surface area contributed by atoms with E-state index in [0.29, 0.717) is 5.13 Å². The number of benzene rings is 1. The molecule has 0 radical (unpaired) electrons. The first-order valence-corrected chi connectivity index (χ1v) is 7.65. The van der Waals surface area contributed by atoms with Crippen molar-refractivity contribution in [3.63, 3.8) is 0 Å². The number of nitrogens with two attached hydrogens (primary N) is 1. The number of hydrogen-bond donors (Lipinski definition) is 2. The van der Waals surface area contributed by atoms with Crippen molar-refractivity contribution in [3.8, 4) is 11.3 Å². The van der Waals surface area contributed by atoms with E-state index < -0.39 is 6.04 Å². The molecule has 2 aromatic rings. The first kappa shape index (κ1) is 15.9. The highest BCUT2D eigenvalue weighted by atomic mass is 35.5. The summed E-state index contributed by atoms with van der Waals surface area (Å²) in [4.78, 5) is 16.0. The summed E-state index contributed by atoms with van der Waals surface area (Å²) in [6.45, 7) is 1.66. The zero-order valence-electron chi connectivity index (χ0n) is 11.8. The van der Waals surface area contributed by atoms with Crippen molar-refractivity contribution in [2.24, 2.45) is 5.73 Å². The van der Waals surface area contributed by atoms with Gasteiger partial charge >= 0.3 is 0 Å². The van der Waals surface area contributed by atoms with Crippen LogP contribution in [0.25, 0.3) is 11.3 Å². The fraction of sp³-hybridized carbons (Fsp3) is 0.333. The van der Waals surface area contributed by atoms with Crippen LogP contribution in [0.3, 0.4) is 0 Å². The smallest absolute Gasteiger partial charge is 0.242 e. The quantitative estimate of drug-likeness (QED) is 0.912. The minimum atomic E-state index is -0.526. The highest BCUT2D eigenvalue weighted by molar-refractivity contribution is 7.14. The monoisotopic (exact) mass is 323 g/mol. The molecule has 1 aliphatic carbocycles. The average molecular weight is 324 g/mol. The van der Waals surface area contributed by atoms with E-state index in [9.17, 15) is 4.79 Å². The number of thiazole rings is 1. The summed E-state index contributed by atoms with van der Waals surface area (Å²) in [5.41, 5.74) is 10.4. The lowest BCUT2D eigenvalue weighted by molar-refractivity contribution is -0.117. The minimum Gasteiger partial charge on any atom is -0.320 e. The molecule has 0 saturated heterocycles. The van der Waals surface area contributed by atoms with E-state index >= 15 is 0 Å². The average Bonchev–Trinajstić information content (AvgIpc) is 3.05. The Hall–Kier alpha value is -1.43. The van der Waals surface area contributed by atoms with Crippen LogP contribution in [-0.4, -0.2) is 16.9 Å². The number of anilines is 1. The number of carbonyl (C=O) groups is 1. The lowest BCUT2D eigenvalue weighted by Crippen LogP contribution is -2.32. The molecular weight excluding hydrogens is 306 g/mol. The van der Waals surface area contributed by atoms with Crippen LogP contribution >= 0.6 is 23.7 Å². The second-order valence-electron chi connectivity index (χ2n) is 5.15. The summed E-state index contributed by atoms with van der Waals surface area (Å²) in [5, 5.41) is 5.29. The van der Waals surface area contributed by atoms with E-state index in [4.69, 9.17) is 5.73 Å². The molecule has 1 unspecified atom stereocenters. The molecule has 0 saturated carbocycles. The van der Waals surface area contributed by atoms with Gasteiger partial charge in [0.25, 0.3) is 0 Å². The van der Waals surface area contributed by atoms with E-state index in [0.717, 1.165) is 17.7 Å². The second kappa shape index (κ2) is 6.56. The largest absolute Gasteiger partial charge is 0.320 e. The molecule has 1 atom stereocenters. The molecule has 1 heterocycles. The number of halogens is 1. The Morgan fingerprint density at radius 3 is 2.90 bits per heavy atom. The third kappa shape index (κ3) is 3.43. The van der Waals surface area contributed by atoms with E-state index in [-0.39, 0.29) is 18.3 Å². The number of carbonyl (C=O) groups excluding carboxylic acids is 1. The van der Waals surface area contributed by atoms with E-state index in [2.05, 4.69) is 28.5 Å². The third-order valence-electron chi connectivity index (χ3n) is 3.54. The number of aryl methyl sites for hydroxylation is 2. The summed E-state index contributed by atoms with van der Waals surface area (Å²) in [6.07, 6.45) is 3.58. The van der Waals surface area contributed by atoms with Crippen LogP contribution in [0.1, 0.15) is 24.5 Å². The number of hydrogen-bond acceptors (Lipinski definition) is 4. The van der Waals surface area contributed by atoms with E-state index in [1.807, 2.05) is 5.38 Å². The number of fused-ring (bicyclic) bond motifs is 1. The zero-order valence-corrected chi connectivity index (χ0v) is 13.4. The molecule has 1 aliphatic rings. The van der Waals surface area contributed by atoms with Gasteiger partial charge in [-0.05, 0) is 43.4 Å². The SMILES string of the molecule is CC(N)C(=O)Nc1nc(-c2ccc3c(c2)CCC3)cs1.Cl. The van der Waals surface area contributed by atoms with Crippen LogP contribution in [-0.2, 0) is 17.6 Å². The van der Waals surface area contributed by atoms with Gasteiger partial charge in [-0.3, -0.25) is 4.79 Å². The lowest BCUT2D eigenvalue weighted by Gasteiger charge is -2.04. The Labute approximate surface area is 134 Å². The molecule has 1 aromatic heterocycles. The van der Waals surface area contributed by atoms with Crippen LogP contribution < -0.4 is 11.1 Å². The van der Waals surface area contributed by atoms with Crippen molar-refractivity contribution in [2.75, 3.05) is 5.32 Å². The Kier molecular flexibility index (Phi) is 4.98. The minimum absolute atomic E-state index is 0. The van der Waals surface area contributed by atoms with Crippen molar-refractivity contribution in [2.45, 2.75) is 32.2 Å². The van der Waals surface area contributed by atoms with Gasteiger partial charge in [0.15, 0.2) is 5.13 Å². The zero-order chi connectivity index (χ0) is 14.1. The third-order valence-corrected chi connectivity index (χ3v) is 4.30. The number of rotatable bonds is 3. The van der Waals surface area contributed by atoms with Gasteiger partial charge in [0.1, 0.15) is 0 Å². The lowest BCUT2D eigenvalue weighted by atomic mass is 10.1. The maximum absolute atomic E-state index is 11.5. The first-order chi connectivity index (χ1) is 9.63. The molecule has 0 aliphatic heterocycles. The maximum atomic E-state index is 11.5. The molecule has 0 spiro atoms. The highest BCUT2D eigenvalue weighted by Gasteiger charge is 2.14. The van der Waals surface area contributed by atoms with Gasteiger partial charge in [-0.2, -0.15) is 0 Å². The Morgan fingerprint density at radius 2 is 2.14 bits per heavy atom. The van der Waals surface area contributed by atoms with E-state index in [1.54, 1.807) is 6.92 Å². The number of amides is 1. The van der Waals surface area contributed by atoms with Gasteiger partial charge in [0.2, 0.25) is 5.91 Å². The number of nitrogens with zero attached hydrogens (tertiary/aromatic N) is 1. The molecule has 1 amide bonds. The summed E-state index contributed by atoms with van der Waals surface area (Å²) < 4.78 is 0. The van der Waals surface area contributed by atoms with Crippen LogP contribution in [0.15, 0.2) is 23.6 Å². The Bertz CT molecular complexity index is 654. The fourth-order valence-corrected chi connectivity index (χ4v) is 3.14. The van der Waals surface area contributed by atoms with Crippen LogP contribution in [0.2, 0.25) is 0 Å². The Balaban J connectivity index is 0.00000161. The van der Waals surface area contributed by atoms with Crippen molar-refractivity contribution in [1.29, 1.82) is 0 Å². The van der Waals surface area contributed by atoms with Crippen LogP contribution in [0.5, 0.6) is 0 Å². The molecule has 3 rings (SSSR count). The van der Waals surface area contributed by atoms with E-state index in [1.165, 1.54) is 35.3 Å². The second-order valence-corrected chi connectivity index (χ2v) is 6.01. The molecule has 21 heavy (non-hydrogen) atoms. The normalized spacial score (nSPS) is 14.2. The number of aromatic nitrogens is 1. The molecule has 0 fully saturated rings. The summed E-state index contributed by atoms with van der Waals surface area (Å²) in [7, 11) is 0. The molecular formula is C15H18ClN3OS. The van der Waals surface area contributed by atoms with Gasteiger partial charge in [-0.25, -0.2) is 4.98 Å². The predicted molar refractivity (Wildman–Crippen MR) is 89.1 cm³/mol. The van der Waals surface area contributed by atoms with Crippen molar-refractivity contribution < 1.29 is 4.79 Å². The molecule has 0 bridgehead atoms. The van der Waals surface area contributed by atoms with Gasteiger partial charge in [0, 0.05) is 10.9 Å². The first-order valence-electron chi connectivity index (χ1n) is 6.77. The highest BCUT2D eigenvalue weighted by Crippen LogP contribution is 2.30. The van der Waals surface area contributed by atoms with Crippen LogP contribution in [0, 0.1) is 0 Å². The fourth-order valence-electron chi connectivity index (χ4n) is 2.41. The van der Waals surface area contributed by atoms with Crippen molar-refractivity contribution >= 4 is 34.8 Å². The molecule has 1 aromatic carbocycles. The predicted octanol–water partition coefficient (Wildman–Crippen LogP) is 3.01. The summed E-state index contributed by atoms with van der Waals surface area (Å²) in [6, 6.07) is 5.99.